The Kier molecular flexibility index (Phi) is 21.0. The number of thioether (sulfide) groups is 1. The molecule has 0 aliphatic rings. The lowest BCUT2D eigenvalue weighted by atomic mass is 10.0. The van der Waals surface area contributed by atoms with Gasteiger partial charge >= 0.3 is 7.82 Å². The SMILES string of the molecule is CCCCCCCCCCCCCCCCSC(CCNS(C)(=O)=O)CCOP(=O)(O)O. The molecule has 10 heteroatoms. The Labute approximate surface area is 201 Å². The zero-order chi connectivity index (χ0) is 24.1. The minimum absolute atomic E-state index is 0.0282. The third-order valence-electron chi connectivity index (χ3n) is 5.38. The third-order valence-corrected chi connectivity index (χ3v) is 8.10. The maximum atomic E-state index is 11.2. The van der Waals surface area contributed by atoms with E-state index in [1.807, 2.05) is 0 Å². The summed E-state index contributed by atoms with van der Waals surface area (Å²) in [5, 5.41) is 0.109. The molecular formula is C22H48NO6PS2. The van der Waals surface area contributed by atoms with Crippen molar-refractivity contribution in [2.75, 3.05) is 25.2 Å². The molecule has 0 heterocycles. The van der Waals surface area contributed by atoms with Gasteiger partial charge in [0, 0.05) is 11.8 Å². The first-order valence-corrected chi connectivity index (χ1v) is 16.9. The van der Waals surface area contributed by atoms with E-state index in [-0.39, 0.29) is 11.9 Å². The van der Waals surface area contributed by atoms with Gasteiger partial charge in [-0.2, -0.15) is 11.8 Å². The van der Waals surface area contributed by atoms with Crippen LogP contribution in [0.3, 0.4) is 0 Å². The highest BCUT2D eigenvalue weighted by Crippen LogP contribution is 2.36. The average Bonchev–Trinajstić information content (AvgIpc) is 2.68. The van der Waals surface area contributed by atoms with Crippen molar-refractivity contribution in [3.05, 3.63) is 0 Å². The summed E-state index contributed by atoms with van der Waals surface area (Å²) in [4.78, 5) is 17.6. The first kappa shape index (κ1) is 32.4. The van der Waals surface area contributed by atoms with E-state index in [4.69, 9.17) is 9.79 Å². The molecule has 0 aromatic heterocycles. The Morgan fingerprint density at radius 1 is 0.844 bits per heavy atom. The van der Waals surface area contributed by atoms with Gasteiger partial charge in [0.05, 0.1) is 12.9 Å². The molecule has 0 saturated heterocycles. The summed E-state index contributed by atoms with van der Waals surface area (Å²) in [7, 11) is -7.69. The molecule has 1 unspecified atom stereocenters. The van der Waals surface area contributed by atoms with Gasteiger partial charge < -0.3 is 9.79 Å². The molecule has 0 aromatic rings. The summed E-state index contributed by atoms with van der Waals surface area (Å²) >= 11 is 1.74. The first-order chi connectivity index (χ1) is 15.1. The van der Waals surface area contributed by atoms with Crippen molar-refractivity contribution in [2.24, 2.45) is 0 Å². The van der Waals surface area contributed by atoms with Gasteiger partial charge in [-0.25, -0.2) is 17.7 Å². The zero-order valence-corrected chi connectivity index (χ0v) is 22.8. The minimum atomic E-state index is -4.46. The molecule has 1 atom stereocenters. The summed E-state index contributed by atoms with van der Waals surface area (Å²) in [6, 6.07) is 0. The van der Waals surface area contributed by atoms with Gasteiger partial charge in [-0.05, 0) is 25.0 Å². The maximum Gasteiger partial charge on any atom is 0.469 e. The van der Waals surface area contributed by atoms with E-state index in [9.17, 15) is 13.0 Å². The smallest absolute Gasteiger partial charge is 0.303 e. The van der Waals surface area contributed by atoms with E-state index in [2.05, 4.69) is 16.2 Å². The Bertz CT molecular complexity index is 571. The highest BCUT2D eigenvalue weighted by Gasteiger charge is 2.16. The fourth-order valence-electron chi connectivity index (χ4n) is 3.57. The Balaban J connectivity index is 3.73. The van der Waals surface area contributed by atoms with Crippen LogP contribution in [0.4, 0.5) is 0 Å². The van der Waals surface area contributed by atoms with Crippen molar-refractivity contribution in [1.82, 2.24) is 4.72 Å². The number of hydrogen-bond acceptors (Lipinski definition) is 5. The minimum Gasteiger partial charge on any atom is -0.303 e. The second-order valence-corrected chi connectivity index (χ2v) is 13.1. The molecule has 0 spiro atoms. The van der Waals surface area contributed by atoms with E-state index in [1.54, 1.807) is 11.8 Å². The van der Waals surface area contributed by atoms with Crippen LogP contribution >= 0.6 is 19.6 Å². The van der Waals surface area contributed by atoms with Crippen LogP contribution in [0, 0.1) is 0 Å². The van der Waals surface area contributed by atoms with Crippen LogP contribution in [-0.2, 0) is 19.1 Å². The number of phosphoric acid groups is 1. The molecule has 0 amide bonds. The van der Waals surface area contributed by atoms with Gasteiger partial charge in [-0.3, -0.25) is 4.52 Å². The highest BCUT2D eigenvalue weighted by molar-refractivity contribution is 7.99. The third kappa shape index (κ3) is 26.6. The molecule has 0 bridgehead atoms. The fraction of sp³-hybridized carbons (Fsp3) is 1.00. The van der Waals surface area contributed by atoms with E-state index < -0.39 is 17.8 Å². The van der Waals surface area contributed by atoms with Gasteiger partial charge in [0.25, 0.3) is 0 Å². The summed E-state index contributed by atoms with van der Waals surface area (Å²) in [6.07, 6.45) is 20.8. The average molecular weight is 518 g/mol. The molecule has 0 aromatic carbocycles. The van der Waals surface area contributed by atoms with Crippen molar-refractivity contribution in [1.29, 1.82) is 0 Å². The Hall–Kier alpha value is 0.370. The molecule has 0 aliphatic heterocycles. The topological polar surface area (TPSA) is 113 Å². The van der Waals surface area contributed by atoms with Crippen molar-refractivity contribution >= 4 is 29.6 Å². The molecule has 3 N–H and O–H groups in total. The molecule has 32 heavy (non-hydrogen) atoms. The van der Waals surface area contributed by atoms with Gasteiger partial charge in [-0.15, -0.1) is 0 Å². The molecule has 0 fully saturated rings. The van der Waals surface area contributed by atoms with Crippen LogP contribution in [0.1, 0.15) is 110 Å². The number of hydrogen-bond donors (Lipinski definition) is 3. The molecule has 7 nitrogen and oxygen atoms in total. The summed E-state index contributed by atoms with van der Waals surface area (Å²) < 4.78 is 40.3. The van der Waals surface area contributed by atoms with E-state index in [0.717, 1.165) is 18.4 Å². The maximum absolute atomic E-state index is 11.2. The van der Waals surface area contributed by atoms with Crippen LogP contribution in [0.25, 0.3) is 0 Å². The van der Waals surface area contributed by atoms with Crippen molar-refractivity contribution in [3.63, 3.8) is 0 Å². The van der Waals surface area contributed by atoms with Crippen LogP contribution in [0.2, 0.25) is 0 Å². The van der Waals surface area contributed by atoms with Crippen LogP contribution in [-0.4, -0.2) is 48.6 Å². The van der Waals surface area contributed by atoms with Gasteiger partial charge in [0.2, 0.25) is 10.0 Å². The van der Waals surface area contributed by atoms with Crippen molar-refractivity contribution in [2.45, 2.75) is 115 Å². The van der Waals surface area contributed by atoms with E-state index in [1.165, 1.54) is 83.5 Å². The van der Waals surface area contributed by atoms with Gasteiger partial charge in [-0.1, -0.05) is 90.4 Å². The predicted molar refractivity (Wildman–Crippen MR) is 137 cm³/mol. The lowest BCUT2D eigenvalue weighted by Gasteiger charge is -2.17. The molecular weight excluding hydrogens is 469 g/mol. The Morgan fingerprint density at radius 2 is 1.31 bits per heavy atom. The summed E-state index contributed by atoms with van der Waals surface area (Å²) in [5.74, 6) is 0.970. The second kappa shape index (κ2) is 20.7. The molecule has 0 radical (unpaired) electrons. The lowest BCUT2D eigenvalue weighted by Crippen LogP contribution is -2.25. The van der Waals surface area contributed by atoms with Crippen molar-refractivity contribution < 1.29 is 27.3 Å². The van der Waals surface area contributed by atoms with Gasteiger partial charge in [0.15, 0.2) is 0 Å². The van der Waals surface area contributed by atoms with E-state index in [0.29, 0.717) is 19.4 Å². The quantitative estimate of drug-likeness (QED) is 0.106. The number of rotatable bonds is 24. The molecule has 0 rings (SSSR count). The molecule has 194 valence electrons. The standard InChI is InChI=1S/C22H48NO6PS2/c1-3-4-5-6-7-8-9-10-11-12-13-14-15-16-21-31-22(17-19-23-32(2,27)28)18-20-29-30(24,25)26/h22-23H,3-21H2,1-2H3,(H2,24,25,26). The molecule has 0 saturated carbocycles. The van der Waals surface area contributed by atoms with Crippen LogP contribution in [0.15, 0.2) is 0 Å². The zero-order valence-electron chi connectivity index (χ0n) is 20.3. The highest BCUT2D eigenvalue weighted by atomic mass is 32.2. The Morgan fingerprint density at radius 3 is 1.75 bits per heavy atom. The first-order valence-electron chi connectivity index (χ1n) is 12.4. The van der Waals surface area contributed by atoms with E-state index >= 15 is 0 Å². The normalized spacial score (nSPS) is 13.5. The summed E-state index contributed by atoms with van der Waals surface area (Å²) in [5.41, 5.74) is 0. The largest absolute Gasteiger partial charge is 0.469 e. The monoisotopic (exact) mass is 517 g/mol. The fourth-order valence-corrected chi connectivity index (χ4v) is 5.65. The number of sulfonamides is 1. The lowest BCUT2D eigenvalue weighted by molar-refractivity contribution is 0.194. The second-order valence-electron chi connectivity index (χ2n) is 8.66. The van der Waals surface area contributed by atoms with Crippen LogP contribution < -0.4 is 4.72 Å². The number of phosphoric ester groups is 1. The van der Waals surface area contributed by atoms with Crippen molar-refractivity contribution in [3.8, 4) is 0 Å². The van der Waals surface area contributed by atoms with Gasteiger partial charge in [0.1, 0.15) is 0 Å². The predicted octanol–water partition coefficient (Wildman–Crippen LogP) is 6.01. The number of nitrogens with one attached hydrogen (secondary N) is 1. The van der Waals surface area contributed by atoms with Crippen LogP contribution in [0.5, 0.6) is 0 Å². The summed E-state index contributed by atoms with van der Waals surface area (Å²) in [6.45, 7) is 2.55. The molecule has 0 aliphatic carbocycles. The number of unbranched alkanes of at least 4 members (excludes halogenated alkanes) is 13.